The second kappa shape index (κ2) is 11.5. The van der Waals surface area contributed by atoms with Crippen LogP contribution >= 0.6 is 0 Å². The summed E-state index contributed by atoms with van der Waals surface area (Å²) < 4.78 is 37.3. The number of aryl methyl sites for hydroxylation is 1. The molecule has 31 heavy (non-hydrogen) atoms. The number of carbonyl (C=O) groups excluding carboxylic acids is 2. The maximum atomic E-state index is 12.2. The molecule has 0 aliphatic heterocycles. The summed E-state index contributed by atoms with van der Waals surface area (Å²) in [4.78, 5) is 23.8. The lowest BCUT2D eigenvalue weighted by atomic mass is 10.1. The molecule has 0 aliphatic rings. The molecule has 0 bridgehead atoms. The van der Waals surface area contributed by atoms with Gasteiger partial charge in [-0.05, 0) is 61.7 Å². The van der Waals surface area contributed by atoms with E-state index in [1.165, 1.54) is 18.2 Å². The average Bonchev–Trinajstić information content (AvgIpc) is 2.73. The van der Waals surface area contributed by atoms with Gasteiger partial charge in [-0.1, -0.05) is 19.1 Å². The molecular formula is C22H28N2O6S. The van der Waals surface area contributed by atoms with E-state index in [-0.39, 0.29) is 29.8 Å². The third-order valence-electron chi connectivity index (χ3n) is 4.25. The van der Waals surface area contributed by atoms with E-state index in [1.54, 1.807) is 38.1 Å². The molecule has 0 fully saturated rings. The maximum Gasteiger partial charge on any atom is 0.310 e. The number of anilines is 1. The number of hydrogen-bond acceptors (Lipinski definition) is 6. The fourth-order valence-electron chi connectivity index (χ4n) is 2.70. The summed E-state index contributed by atoms with van der Waals surface area (Å²) in [5.74, 6) is -0.240. The molecule has 0 heterocycles. The molecule has 168 valence electrons. The van der Waals surface area contributed by atoms with Gasteiger partial charge in [0, 0.05) is 12.2 Å². The molecular weight excluding hydrogens is 420 g/mol. The molecule has 0 aromatic heterocycles. The summed E-state index contributed by atoms with van der Waals surface area (Å²) in [6, 6.07) is 11.4. The van der Waals surface area contributed by atoms with Crippen LogP contribution in [0, 0.1) is 6.92 Å². The van der Waals surface area contributed by atoms with E-state index in [2.05, 4.69) is 10.0 Å². The maximum absolute atomic E-state index is 12.2. The Morgan fingerprint density at radius 1 is 1.03 bits per heavy atom. The number of amides is 1. The van der Waals surface area contributed by atoms with Gasteiger partial charge < -0.3 is 14.8 Å². The lowest BCUT2D eigenvalue weighted by Crippen LogP contribution is -2.24. The van der Waals surface area contributed by atoms with Crippen LogP contribution in [0.3, 0.4) is 0 Å². The first-order valence-electron chi connectivity index (χ1n) is 10.0. The predicted molar refractivity (Wildman–Crippen MR) is 118 cm³/mol. The van der Waals surface area contributed by atoms with Crippen LogP contribution in [0.25, 0.3) is 0 Å². The molecule has 2 aromatic carbocycles. The van der Waals surface area contributed by atoms with Crippen molar-refractivity contribution >= 4 is 27.6 Å². The van der Waals surface area contributed by atoms with Crippen molar-refractivity contribution in [2.45, 2.75) is 38.5 Å². The van der Waals surface area contributed by atoms with E-state index in [4.69, 9.17) is 9.47 Å². The lowest BCUT2D eigenvalue weighted by molar-refractivity contribution is -0.142. The molecule has 2 aromatic rings. The van der Waals surface area contributed by atoms with Crippen LogP contribution in [-0.4, -0.2) is 40.1 Å². The van der Waals surface area contributed by atoms with Crippen molar-refractivity contribution in [3.05, 3.63) is 53.6 Å². The molecule has 8 nitrogen and oxygen atoms in total. The van der Waals surface area contributed by atoms with E-state index in [0.29, 0.717) is 36.6 Å². The van der Waals surface area contributed by atoms with E-state index >= 15 is 0 Å². The van der Waals surface area contributed by atoms with Gasteiger partial charge in [-0.25, -0.2) is 13.1 Å². The zero-order chi connectivity index (χ0) is 22.9. The largest absolute Gasteiger partial charge is 0.483 e. The van der Waals surface area contributed by atoms with Crippen LogP contribution in [0.5, 0.6) is 5.75 Å². The van der Waals surface area contributed by atoms with Crippen LogP contribution in [0.15, 0.2) is 47.4 Å². The monoisotopic (exact) mass is 448 g/mol. The number of hydrogen-bond donors (Lipinski definition) is 2. The molecule has 2 rings (SSSR count). The standard InChI is InChI=1S/C22H28N2O6S/c1-4-12-23-31(27,28)19-10-11-20(16(3)13-19)30-15-21(25)24-18-8-6-17(7-9-18)14-22(26)29-5-2/h6-11,13,23H,4-5,12,14-15H2,1-3H3,(H,24,25). The highest BCUT2D eigenvalue weighted by atomic mass is 32.2. The Hall–Kier alpha value is -2.91. The Labute approximate surface area is 183 Å². The van der Waals surface area contributed by atoms with Gasteiger partial charge in [-0.3, -0.25) is 9.59 Å². The highest BCUT2D eigenvalue weighted by Gasteiger charge is 2.15. The molecule has 0 saturated carbocycles. The van der Waals surface area contributed by atoms with Gasteiger partial charge in [0.05, 0.1) is 17.9 Å². The van der Waals surface area contributed by atoms with Crippen molar-refractivity contribution in [3.63, 3.8) is 0 Å². The Balaban J connectivity index is 1.90. The van der Waals surface area contributed by atoms with Crippen molar-refractivity contribution in [3.8, 4) is 5.75 Å². The molecule has 0 radical (unpaired) electrons. The fraction of sp³-hybridized carbons (Fsp3) is 0.364. The van der Waals surface area contributed by atoms with Gasteiger partial charge in [0.2, 0.25) is 10.0 Å². The van der Waals surface area contributed by atoms with E-state index < -0.39 is 10.0 Å². The van der Waals surface area contributed by atoms with Crippen molar-refractivity contribution in [2.75, 3.05) is 25.1 Å². The van der Waals surface area contributed by atoms with Gasteiger partial charge in [0.1, 0.15) is 5.75 Å². The summed E-state index contributed by atoms with van der Waals surface area (Å²) >= 11 is 0. The minimum atomic E-state index is -3.56. The third kappa shape index (κ3) is 7.69. The molecule has 0 atom stereocenters. The zero-order valence-electron chi connectivity index (χ0n) is 17.9. The highest BCUT2D eigenvalue weighted by molar-refractivity contribution is 7.89. The molecule has 2 N–H and O–H groups in total. The first-order valence-corrected chi connectivity index (χ1v) is 11.5. The second-order valence-corrected chi connectivity index (χ2v) is 8.61. The minimum absolute atomic E-state index is 0.151. The van der Waals surface area contributed by atoms with Crippen molar-refractivity contribution in [1.82, 2.24) is 4.72 Å². The highest BCUT2D eigenvalue weighted by Crippen LogP contribution is 2.22. The van der Waals surface area contributed by atoms with Crippen LogP contribution in [0.4, 0.5) is 5.69 Å². The third-order valence-corrected chi connectivity index (χ3v) is 5.71. The summed E-state index contributed by atoms with van der Waals surface area (Å²) in [7, 11) is -3.56. The quantitative estimate of drug-likeness (QED) is 0.512. The van der Waals surface area contributed by atoms with Crippen LogP contribution in [0.2, 0.25) is 0 Å². The Morgan fingerprint density at radius 3 is 2.35 bits per heavy atom. The predicted octanol–water partition coefficient (Wildman–Crippen LogP) is 2.81. The van der Waals surface area contributed by atoms with Crippen molar-refractivity contribution in [2.24, 2.45) is 0 Å². The molecule has 1 amide bonds. The fourth-order valence-corrected chi connectivity index (χ4v) is 3.91. The van der Waals surface area contributed by atoms with E-state index in [0.717, 1.165) is 5.56 Å². The zero-order valence-corrected chi connectivity index (χ0v) is 18.8. The normalized spacial score (nSPS) is 11.1. The summed E-state index contributed by atoms with van der Waals surface area (Å²) in [5, 5.41) is 2.71. The number of esters is 1. The Bertz CT molecular complexity index is 1000. The summed E-state index contributed by atoms with van der Waals surface area (Å²) in [6.07, 6.45) is 0.868. The molecule has 9 heteroatoms. The average molecular weight is 449 g/mol. The first-order chi connectivity index (χ1) is 14.7. The SMILES string of the molecule is CCCNS(=O)(=O)c1ccc(OCC(=O)Nc2ccc(CC(=O)OCC)cc2)c(C)c1. The van der Waals surface area contributed by atoms with Crippen molar-refractivity contribution in [1.29, 1.82) is 0 Å². The number of benzene rings is 2. The smallest absolute Gasteiger partial charge is 0.310 e. The lowest BCUT2D eigenvalue weighted by Gasteiger charge is -2.12. The molecule has 0 saturated heterocycles. The van der Waals surface area contributed by atoms with E-state index in [1.807, 2.05) is 6.92 Å². The molecule has 0 aliphatic carbocycles. The first kappa shape index (κ1) is 24.4. The van der Waals surface area contributed by atoms with E-state index in [9.17, 15) is 18.0 Å². The molecule has 0 spiro atoms. The van der Waals surface area contributed by atoms with Crippen molar-refractivity contribution < 1.29 is 27.5 Å². The number of ether oxygens (including phenoxy) is 2. The summed E-state index contributed by atoms with van der Waals surface area (Å²) in [5.41, 5.74) is 1.96. The summed E-state index contributed by atoms with van der Waals surface area (Å²) in [6.45, 7) is 5.82. The van der Waals surface area contributed by atoms with Gasteiger partial charge >= 0.3 is 5.97 Å². The Kier molecular flexibility index (Phi) is 9.02. The van der Waals surface area contributed by atoms with Crippen LogP contribution in [0.1, 0.15) is 31.4 Å². The number of rotatable bonds is 11. The second-order valence-electron chi connectivity index (χ2n) is 6.84. The van der Waals surface area contributed by atoms with Crippen LogP contribution in [-0.2, 0) is 30.8 Å². The number of carbonyl (C=O) groups is 2. The number of sulfonamides is 1. The van der Waals surface area contributed by atoms with Crippen LogP contribution < -0.4 is 14.8 Å². The Morgan fingerprint density at radius 2 is 1.74 bits per heavy atom. The minimum Gasteiger partial charge on any atom is -0.483 e. The number of nitrogens with one attached hydrogen (secondary N) is 2. The van der Waals surface area contributed by atoms with Gasteiger partial charge in [-0.15, -0.1) is 0 Å². The van der Waals surface area contributed by atoms with Gasteiger partial charge in [-0.2, -0.15) is 0 Å². The molecule has 0 unspecified atom stereocenters. The van der Waals surface area contributed by atoms with Gasteiger partial charge in [0.25, 0.3) is 5.91 Å². The topological polar surface area (TPSA) is 111 Å². The van der Waals surface area contributed by atoms with Gasteiger partial charge in [0.15, 0.2) is 6.61 Å².